The predicted octanol–water partition coefficient (Wildman–Crippen LogP) is 0.548. The fourth-order valence-electron chi connectivity index (χ4n) is 3.24. The number of sulfone groups is 1. The Morgan fingerprint density at radius 1 is 1.19 bits per heavy atom. The number of benzene rings is 1. The molecule has 2 heterocycles. The highest BCUT2D eigenvalue weighted by molar-refractivity contribution is 7.91. The van der Waals surface area contributed by atoms with Crippen LogP contribution in [0.3, 0.4) is 0 Å². The summed E-state index contributed by atoms with van der Waals surface area (Å²) in [4.78, 5) is 24.3. The Kier molecular flexibility index (Phi) is 7.29. The first kappa shape index (κ1) is 22.8. The number of carbonyl (C=O) groups is 1. The minimum Gasteiger partial charge on any atom is -0.497 e. The summed E-state index contributed by atoms with van der Waals surface area (Å²) < 4.78 is 30.9. The third-order valence-electron chi connectivity index (χ3n) is 5.02. The molecule has 1 aliphatic rings. The van der Waals surface area contributed by atoms with Gasteiger partial charge in [0.2, 0.25) is 21.7 Å². The second-order valence-electron chi connectivity index (χ2n) is 7.21. The van der Waals surface area contributed by atoms with Crippen molar-refractivity contribution in [3.05, 3.63) is 30.5 Å². The van der Waals surface area contributed by atoms with Gasteiger partial charge in [0.05, 0.1) is 24.7 Å². The lowest BCUT2D eigenvalue weighted by atomic mass is 10.3. The first-order chi connectivity index (χ1) is 14.8. The van der Waals surface area contributed by atoms with E-state index in [1.165, 1.54) is 25.4 Å². The number of nitrogens with two attached hydrogens (primary N) is 1. The molecule has 0 spiro atoms. The highest BCUT2D eigenvalue weighted by Crippen LogP contribution is 2.27. The number of rotatable bonds is 8. The Morgan fingerprint density at radius 3 is 2.45 bits per heavy atom. The Balaban J connectivity index is 1.66. The van der Waals surface area contributed by atoms with E-state index in [-0.39, 0.29) is 21.5 Å². The van der Waals surface area contributed by atoms with Crippen molar-refractivity contribution in [1.82, 2.24) is 20.2 Å². The number of nitrogen functional groups attached to an aromatic ring is 1. The second kappa shape index (κ2) is 9.92. The highest BCUT2D eigenvalue weighted by Gasteiger charge is 2.25. The van der Waals surface area contributed by atoms with E-state index < -0.39 is 9.84 Å². The molecule has 0 saturated carbocycles. The predicted molar refractivity (Wildman–Crippen MR) is 117 cm³/mol. The lowest BCUT2D eigenvalue weighted by Gasteiger charge is -2.34. The zero-order chi connectivity index (χ0) is 22.4. The Hall–Kier alpha value is -2.92. The van der Waals surface area contributed by atoms with Gasteiger partial charge in [-0.2, -0.15) is 4.98 Å². The van der Waals surface area contributed by atoms with Crippen LogP contribution in [0.1, 0.15) is 13.3 Å². The van der Waals surface area contributed by atoms with Gasteiger partial charge in [0.15, 0.2) is 0 Å². The standard InChI is InChI=1S/C20H28N6O4S/c1-3-8-22-18(27)14-25-9-11-26(12-10-25)20-23-13-17(19(21)24-20)31(28,29)16-6-4-15(30-2)5-7-16/h4-7,13H,3,8-12,14H2,1-2H3,(H,22,27)(H2,21,23,24). The number of ether oxygens (including phenoxy) is 1. The number of anilines is 2. The molecule has 3 N–H and O–H groups in total. The summed E-state index contributed by atoms with van der Waals surface area (Å²) in [5.74, 6) is 0.854. The average Bonchev–Trinajstić information content (AvgIpc) is 2.78. The van der Waals surface area contributed by atoms with E-state index >= 15 is 0 Å². The maximum absolute atomic E-state index is 12.9. The van der Waals surface area contributed by atoms with Crippen molar-refractivity contribution in [2.45, 2.75) is 23.1 Å². The molecule has 0 atom stereocenters. The molecule has 11 heteroatoms. The van der Waals surface area contributed by atoms with Crippen molar-refractivity contribution in [1.29, 1.82) is 0 Å². The van der Waals surface area contributed by atoms with Crippen molar-refractivity contribution in [3.63, 3.8) is 0 Å². The molecule has 1 aromatic heterocycles. The van der Waals surface area contributed by atoms with E-state index in [4.69, 9.17) is 10.5 Å². The normalized spacial score (nSPS) is 15.0. The SMILES string of the molecule is CCCNC(=O)CN1CCN(c2ncc(S(=O)(=O)c3ccc(OC)cc3)c(N)n2)CC1. The van der Waals surface area contributed by atoms with Crippen LogP contribution in [-0.2, 0) is 14.6 Å². The fourth-order valence-corrected chi connectivity index (χ4v) is 4.51. The molecule has 1 saturated heterocycles. The van der Waals surface area contributed by atoms with Crippen molar-refractivity contribution < 1.29 is 17.9 Å². The highest BCUT2D eigenvalue weighted by atomic mass is 32.2. The van der Waals surface area contributed by atoms with Crippen LogP contribution in [0.25, 0.3) is 0 Å². The summed E-state index contributed by atoms with van der Waals surface area (Å²) in [5.41, 5.74) is 6.00. The lowest BCUT2D eigenvalue weighted by molar-refractivity contribution is -0.122. The van der Waals surface area contributed by atoms with Gasteiger partial charge in [0.25, 0.3) is 0 Å². The van der Waals surface area contributed by atoms with Crippen molar-refractivity contribution in [2.75, 3.05) is 57.0 Å². The summed E-state index contributed by atoms with van der Waals surface area (Å²) in [5, 5.41) is 2.87. The van der Waals surface area contributed by atoms with Crippen molar-refractivity contribution in [3.8, 4) is 5.75 Å². The quantitative estimate of drug-likeness (QED) is 0.594. The van der Waals surface area contributed by atoms with Crippen LogP contribution in [0.15, 0.2) is 40.3 Å². The fraction of sp³-hybridized carbons (Fsp3) is 0.450. The number of hydrogen-bond acceptors (Lipinski definition) is 9. The molecule has 0 radical (unpaired) electrons. The first-order valence-electron chi connectivity index (χ1n) is 10.1. The molecule has 31 heavy (non-hydrogen) atoms. The van der Waals surface area contributed by atoms with Crippen LogP contribution >= 0.6 is 0 Å². The van der Waals surface area contributed by atoms with E-state index in [0.29, 0.717) is 51.0 Å². The van der Waals surface area contributed by atoms with Gasteiger partial charge in [-0.1, -0.05) is 6.92 Å². The van der Waals surface area contributed by atoms with Gasteiger partial charge in [-0.15, -0.1) is 0 Å². The molecule has 0 aliphatic carbocycles. The Bertz CT molecular complexity index is 1000. The summed E-state index contributed by atoms with van der Waals surface area (Å²) in [6.07, 6.45) is 2.16. The van der Waals surface area contributed by atoms with E-state index in [2.05, 4.69) is 20.2 Å². The third kappa shape index (κ3) is 5.42. The average molecular weight is 449 g/mol. The van der Waals surface area contributed by atoms with E-state index in [9.17, 15) is 13.2 Å². The molecular formula is C20H28N6O4S. The maximum atomic E-state index is 12.9. The lowest BCUT2D eigenvalue weighted by Crippen LogP contribution is -2.50. The van der Waals surface area contributed by atoms with Gasteiger partial charge >= 0.3 is 0 Å². The van der Waals surface area contributed by atoms with Crippen LogP contribution < -0.4 is 20.7 Å². The van der Waals surface area contributed by atoms with Gasteiger partial charge in [-0.25, -0.2) is 13.4 Å². The first-order valence-corrected chi connectivity index (χ1v) is 11.6. The summed E-state index contributed by atoms with van der Waals surface area (Å²) in [6.45, 7) is 5.63. The molecule has 3 rings (SSSR count). The molecular weight excluding hydrogens is 420 g/mol. The van der Waals surface area contributed by atoms with Gasteiger partial charge in [0, 0.05) is 32.7 Å². The summed E-state index contributed by atoms with van der Waals surface area (Å²) in [6, 6.07) is 6.05. The van der Waals surface area contributed by atoms with Gasteiger partial charge in [-0.05, 0) is 30.7 Å². The molecule has 0 bridgehead atoms. The largest absolute Gasteiger partial charge is 0.497 e. The molecule has 2 aromatic rings. The minimum atomic E-state index is -3.85. The molecule has 1 amide bonds. The number of nitrogens with zero attached hydrogens (tertiary/aromatic N) is 4. The van der Waals surface area contributed by atoms with Gasteiger partial charge < -0.3 is 20.7 Å². The van der Waals surface area contributed by atoms with Crippen LogP contribution in [-0.4, -0.2) is 75.6 Å². The molecule has 1 aromatic carbocycles. The van der Waals surface area contributed by atoms with Crippen LogP contribution in [0.4, 0.5) is 11.8 Å². The minimum absolute atomic E-state index is 0.0175. The number of amides is 1. The summed E-state index contributed by atoms with van der Waals surface area (Å²) >= 11 is 0. The molecule has 10 nitrogen and oxygen atoms in total. The molecule has 168 valence electrons. The number of methoxy groups -OCH3 is 1. The number of piperazine rings is 1. The summed E-state index contributed by atoms with van der Waals surface area (Å²) in [7, 11) is -2.34. The Labute approximate surface area is 182 Å². The second-order valence-corrected chi connectivity index (χ2v) is 9.13. The number of aromatic nitrogens is 2. The van der Waals surface area contributed by atoms with E-state index in [1.807, 2.05) is 11.8 Å². The number of nitrogens with one attached hydrogen (secondary N) is 1. The van der Waals surface area contributed by atoms with Crippen LogP contribution in [0, 0.1) is 0 Å². The third-order valence-corrected chi connectivity index (χ3v) is 6.81. The smallest absolute Gasteiger partial charge is 0.234 e. The monoisotopic (exact) mass is 448 g/mol. The zero-order valence-corrected chi connectivity index (χ0v) is 18.6. The zero-order valence-electron chi connectivity index (χ0n) is 17.7. The van der Waals surface area contributed by atoms with E-state index in [0.717, 1.165) is 6.42 Å². The van der Waals surface area contributed by atoms with Gasteiger partial charge in [0.1, 0.15) is 16.5 Å². The van der Waals surface area contributed by atoms with E-state index in [1.54, 1.807) is 12.1 Å². The molecule has 1 aliphatic heterocycles. The Morgan fingerprint density at radius 2 is 1.87 bits per heavy atom. The van der Waals surface area contributed by atoms with Crippen molar-refractivity contribution in [2.24, 2.45) is 0 Å². The maximum Gasteiger partial charge on any atom is 0.234 e. The van der Waals surface area contributed by atoms with Crippen molar-refractivity contribution >= 4 is 27.5 Å². The van der Waals surface area contributed by atoms with Gasteiger partial charge in [-0.3, -0.25) is 9.69 Å². The molecule has 0 unspecified atom stereocenters. The number of carbonyl (C=O) groups excluding carboxylic acids is 1. The van der Waals surface area contributed by atoms with Crippen LogP contribution in [0.5, 0.6) is 5.75 Å². The number of hydrogen-bond donors (Lipinski definition) is 2. The topological polar surface area (TPSA) is 131 Å². The van der Waals surface area contributed by atoms with Crippen LogP contribution in [0.2, 0.25) is 0 Å². The molecule has 1 fully saturated rings.